The van der Waals surface area contributed by atoms with Gasteiger partial charge in [0.25, 0.3) is 0 Å². The molecule has 2 aromatic heterocycles. The quantitative estimate of drug-likeness (QED) is 0.101. The molecule has 0 spiro atoms. The molecule has 49 heavy (non-hydrogen) atoms. The molecule has 6 aromatic carbocycles. The fourth-order valence-electron chi connectivity index (χ4n) is 7.83. The number of hydrogen-bond acceptors (Lipinski definition) is 3. The summed E-state index contributed by atoms with van der Waals surface area (Å²) in [7, 11) is 1.79. The molecular formula is C42H28BN4OPt+. The Morgan fingerprint density at radius 3 is 2.10 bits per heavy atom. The van der Waals surface area contributed by atoms with E-state index in [-0.39, 0.29) is 28.1 Å². The third-order valence-electron chi connectivity index (χ3n) is 9.89. The van der Waals surface area contributed by atoms with E-state index >= 15 is 0 Å². The van der Waals surface area contributed by atoms with Crippen molar-refractivity contribution < 1.29 is 25.7 Å². The Balaban J connectivity index is 0.00000325. The van der Waals surface area contributed by atoms with E-state index in [0.717, 1.165) is 61.9 Å². The van der Waals surface area contributed by atoms with Crippen LogP contribution in [0.2, 0.25) is 0 Å². The van der Waals surface area contributed by atoms with Gasteiger partial charge in [-0.3, -0.25) is 0 Å². The monoisotopic (exact) mass is 810 g/mol. The minimum absolute atomic E-state index is 0. The molecule has 0 aliphatic carbocycles. The van der Waals surface area contributed by atoms with E-state index in [9.17, 15) is 0 Å². The minimum Gasteiger partial charge on any atom is -0.537 e. The first-order valence-corrected chi connectivity index (χ1v) is 16.2. The van der Waals surface area contributed by atoms with Crippen molar-refractivity contribution in [3.05, 3.63) is 164 Å². The standard InChI is InChI=1S/C42H28BN4O.Pt/c1-45-37-19-6-9-22-41(37)48-43(45)29-13-12-14-30(27-29)47(39-20-7-3-16-34(39)35-17-4-8-21-40(35)47)31-24-25-33-32-15-2-5-18-36(32)46(38(33)28-31)42-23-10-11-26-44-42;/h2-26H,1H3;/q-1;+2. The number of anilines is 1. The number of nitrogens with zero attached hydrogens (tertiary/aromatic N) is 4. The number of quaternary nitrogens is 1. The van der Waals surface area contributed by atoms with Crippen LogP contribution in [0.25, 0.3) is 38.8 Å². The molecule has 0 fully saturated rings. The average molecular weight is 811 g/mol. The van der Waals surface area contributed by atoms with Crippen LogP contribution in [-0.2, 0) is 21.1 Å². The van der Waals surface area contributed by atoms with Crippen LogP contribution in [-0.4, -0.2) is 23.6 Å². The summed E-state index contributed by atoms with van der Waals surface area (Å²) in [6.45, 7) is 0. The zero-order valence-corrected chi connectivity index (χ0v) is 28.8. The third-order valence-corrected chi connectivity index (χ3v) is 9.89. The van der Waals surface area contributed by atoms with Gasteiger partial charge >= 0.3 is 28.1 Å². The van der Waals surface area contributed by atoms with Gasteiger partial charge in [-0.25, -0.2) is 9.47 Å². The Kier molecular flexibility index (Phi) is 6.87. The van der Waals surface area contributed by atoms with Crippen molar-refractivity contribution in [1.82, 2.24) is 14.0 Å². The predicted octanol–water partition coefficient (Wildman–Crippen LogP) is 9.28. The van der Waals surface area contributed by atoms with E-state index in [1.54, 1.807) is 0 Å². The van der Waals surface area contributed by atoms with Gasteiger partial charge in [0.2, 0.25) is 0 Å². The smallest absolute Gasteiger partial charge is 0.537 e. The first-order valence-electron chi connectivity index (χ1n) is 16.2. The topological polar surface area (TPSA) is 30.3 Å². The zero-order valence-electron chi connectivity index (χ0n) is 26.5. The van der Waals surface area contributed by atoms with Crippen LogP contribution in [0.4, 0.5) is 28.4 Å². The van der Waals surface area contributed by atoms with E-state index in [1.807, 2.05) is 30.5 Å². The minimum atomic E-state index is -0.298. The van der Waals surface area contributed by atoms with Crippen LogP contribution in [0, 0.1) is 12.1 Å². The van der Waals surface area contributed by atoms with Gasteiger partial charge in [-0.05, 0) is 54.9 Å². The van der Waals surface area contributed by atoms with Crippen LogP contribution in [0.1, 0.15) is 0 Å². The summed E-state index contributed by atoms with van der Waals surface area (Å²) in [6, 6.07) is 59.1. The van der Waals surface area contributed by atoms with Gasteiger partial charge in [0.1, 0.15) is 11.6 Å². The fraction of sp³-hybridized carbons (Fsp3) is 0.0238. The largest absolute Gasteiger partial charge is 2.00 e. The Morgan fingerprint density at radius 2 is 1.33 bits per heavy atom. The molecule has 0 N–H and O–H groups in total. The maximum atomic E-state index is 6.53. The molecule has 4 heterocycles. The second-order valence-electron chi connectivity index (χ2n) is 12.4. The molecule has 7 heteroatoms. The van der Waals surface area contributed by atoms with Crippen LogP contribution in [0.5, 0.6) is 5.75 Å². The van der Waals surface area contributed by atoms with Crippen molar-refractivity contribution in [3.8, 4) is 22.7 Å². The number of para-hydroxylation sites is 5. The van der Waals surface area contributed by atoms with Crippen molar-refractivity contribution in [3.63, 3.8) is 0 Å². The van der Waals surface area contributed by atoms with Gasteiger partial charge in [0, 0.05) is 46.3 Å². The van der Waals surface area contributed by atoms with Gasteiger partial charge in [-0.1, -0.05) is 72.2 Å². The summed E-state index contributed by atoms with van der Waals surface area (Å²) in [5, 5.41) is 2.31. The summed E-state index contributed by atoms with van der Waals surface area (Å²) in [4.78, 5) is 6.97. The summed E-state index contributed by atoms with van der Waals surface area (Å²) in [6.07, 6.45) is 1.85. The molecule has 0 radical (unpaired) electrons. The second kappa shape index (κ2) is 11.3. The second-order valence-corrected chi connectivity index (χ2v) is 12.4. The molecule has 0 unspecified atom stereocenters. The predicted molar refractivity (Wildman–Crippen MR) is 196 cm³/mol. The SMILES string of the molecule is CN1B(c2[c-]c([N+]3(c4[c-]c5c(cc4)c4ccccc4n5-c4ccccn4)c4ccccc4-c4ccccc43)ccc2)Oc2ccccc21.[Pt+2]. The maximum absolute atomic E-state index is 6.53. The molecule has 234 valence electrons. The molecule has 0 bridgehead atoms. The Labute approximate surface area is 299 Å². The van der Waals surface area contributed by atoms with Gasteiger partial charge in [0.15, 0.2) is 11.4 Å². The van der Waals surface area contributed by atoms with Gasteiger partial charge in [0.05, 0.1) is 5.69 Å². The van der Waals surface area contributed by atoms with Crippen molar-refractivity contribution in [2.24, 2.45) is 0 Å². The summed E-state index contributed by atoms with van der Waals surface area (Å²) in [5.41, 5.74) is 10.8. The van der Waals surface area contributed by atoms with E-state index < -0.39 is 0 Å². The van der Waals surface area contributed by atoms with Crippen molar-refractivity contribution in [2.45, 2.75) is 0 Å². The molecule has 5 nitrogen and oxygen atoms in total. The van der Waals surface area contributed by atoms with Crippen LogP contribution in [0.15, 0.2) is 152 Å². The number of aromatic nitrogens is 2. The Morgan fingerprint density at radius 1 is 0.633 bits per heavy atom. The molecule has 2 aliphatic rings. The van der Waals surface area contributed by atoms with Crippen LogP contribution >= 0.6 is 0 Å². The van der Waals surface area contributed by atoms with Crippen molar-refractivity contribution in [2.75, 3.05) is 11.9 Å². The van der Waals surface area contributed by atoms with E-state index in [4.69, 9.17) is 9.64 Å². The van der Waals surface area contributed by atoms with Crippen LogP contribution < -0.4 is 19.4 Å². The third kappa shape index (κ3) is 4.18. The normalized spacial score (nSPS) is 13.9. The number of pyridine rings is 1. The fourth-order valence-corrected chi connectivity index (χ4v) is 7.83. The van der Waals surface area contributed by atoms with Gasteiger partial charge in [-0.2, -0.15) is 18.2 Å². The van der Waals surface area contributed by atoms with E-state index in [2.05, 4.69) is 150 Å². The summed E-state index contributed by atoms with van der Waals surface area (Å²) >= 11 is 0. The van der Waals surface area contributed by atoms with E-state index in [1.165, 1.54) is 16.5 Å². The van der Waals surface area contributed by atoms with E-state index in [0.29, 0.717) is 4.48 Å². The molecule has 0 saturated carbocycles. The number of benzene rings is 6. The first-order chi connectivity index (χ1) is 23.7. The number of rotatable bonds is 4. The first kappa shape index (κ1) is 29.7. The molecule has 2 aliphatic heterocycles. The molecule has 8 aromatic rings. The summed E-state index contributed by atoms with van der Waals surface area (Å²) in [5.74, 6) is 1.74. The molecule has 0 amide bonds. The summed E-state index contributed by atoms with van der Waals surface area (Å²) < 4.78 is 9.10. The molecule has 0 saturated heterocycles. The van der Waals surface area contributed by atoms with Crippen molar-refractivity contribution in [1.29, 1.82) is 0 Å². The van der Waals surface area contributed by atoms with Gasteiger partial charge < -0.3 is 14.0 Å². The number of fused-ring (bicyclic) bond motifs is 7. The average Bonchev–Trinajstić information content (AvgIpc) is 3.78. The molecular weight excluding hydrogens is 782 g/mol. The molecule has 0 atom stereocenters. The Bertz CT molecular complexity index is 2500. The molecule has 10 rings (SSSR count). The van der Waals surface area contributed by atoms with Crippen LogP contribution in [0.3, 0.4) is 0 Å². The maximum Gasteiger partial charge on any atom is 2.00 e. The van der Waals surface area contributed by atoms with Crippen molar-refractivity contribution >= 4 is 62.8 Å². The Hall–Kier alpha value is -5.42. The zero-order chi connectivity index (χ0) is 31.8. The van der Waals surface area contributed by atoms with Gasteiger partial charge in [-0.15, -0.1) is 29.0 Å². The number of hydrogen-bond donors (Lipinski definition) is 0.